The van der Waals surface area contributed by atoms with Crippen LogP contribution < -0.4 is 9.80 Å². The van der Waals surface area contributed by atoms with Crippen LogP contribution in [-0.4, -0.2) is 17.2 Å². The van der Waals surface area contributed by atoms with Gasteiger partial charge in [-0.2, -0.15) is 5.26 Å². The number of carbonyl (C=O) groups is 1. The fourth-order valence-corrected chi connectivity index (χ4v) is 5.12. The second-order valence-corrected chi connectivity index (χ2v) is 9.37. The minimum absolute atomic E-state index is 0.0951. The molecule has 0 radical (unpaired) electrons. The van der Waals surface area contributed by atoms with Crippen molar-refractivity contribution in [2.45, 2.75) is 31.0 Å². The highest BCUT2D eigenvalue weighted by molar-refractivity contribution is 6.31. The van der Waals surface area contributed by atoms with Crippen LogP contribution in [0.4, 0.5) is 16.2 Å². The first-order valence-electron chi connectivity index (χ1n) is 10.8. The van der Waals surface area contributed by atoms with E-state index < -0.39 is 11.8 Å². The van der Waals surface area contributed by atoms with Crippen molar-refractivity contribution in [1.82, 2.24) is 0 Å². The molecule has 0 spiro atoms. The van der Waals surface area contributed by atoms with E-state index in [9.17, 15) is 15.2 Å². The summed E-state index contributed by atoms with van der Waals surface area (Å²) in [6, 6.07) is 22.0. The number of rotatable bonds is 4. The van der Waals surface area contributed by atoms with Gasteiger partial charge in [-0.3, -0.25) is 9.80 Å². The summed E-state index contributed by atoms with van der Waals surface area (Å²) in [5, 5.41) is 23.1. The van der Waals surface area contributed by atoms with E-state index in [0.29, 0.717) is 32.5 Å². The van der Waals surface area contributed by atoms with Gasteiger partial charge in [0.2, 0.25) is 0 Å². The fourth-order valence-electron chi connectivity index (χ4n) is 4.87. The number of aliphatic hydroxyl groups is 1. The second kappa shape index (κ2) is 8.39. The van der Waals surface area contributed by atoms with Gasteiger partial charge in [0.15, 0.2) is 5.72 Å². The van der Waals surface area contributed by atoms with Crippen molar-refractivity contribution in [2.24, 2.45) is 5.92 Å². The van der Waals surface area contributed by atoms with Gasteiger partial charge in [-0.25, -0.2) is 4.79 Å². The number of amides is 2. The standard InChI is InChI=1S/C26H21Cl2N3O2/c27-20-7-11-22(12-8-20)30-24(18-4-2-5-18)26(33,19-6-1-3-17(15-19)16-29)31(25(30)32)23-13-9-21(28)10-14-23/h1,3,6-15,18,24,33H,2,4-5H2/t24-,26?/m1/s1. The van der Waals surface area contributed by atoms with Crippen LogP contribution in [0.2, 0.25) is 10.0 Å². The Hall–Kier alpha value is -3.04. The highest BCUT2D eigenvalue weighted by Crippen LogP contribution is 2.51. The number of hydrogen-bond acceptors (Lipinski definition) is 3. The molecule has 166 valence electrons. The largest absolute Gasteiger partial charge is 0.365 e. The Balaban J connectivity index is 1.75. The van der Waals surface area contributed by atoms with Crippen LogP contribution in [0.15, 0.2) is 72.8 Å². The van der Waals surface area contributed by atoms with E-state index in [1.807, 2.05) is 0 Å². The quantitative estimate of drug-likeness (QED) is 0.477. The molecule has 7 heteroatoms. The van der Waals surface area contributed by atoms with Gasteiger partial charge in [0.25, 0.3) is 0 Å². The molecule has 5 rings (SSSR count). The van der Waals surface area contributed by atoms with Gasteiger partial charge in [-0.05, 0) is 79.4 Å². The molecule has 0 aromatic heterocycles. The summed E-state index contributed by atoms with van der Waals surface area (Å²) in [6.45, 7) is 0. The Morgan fingerprint density at radius 3 is 2.09 bits per heavy atom. The van der Waals surface area contributed by atoms with E-state index in [1.165, 1.54) is 4.90 Å². The lowest BCUT2D eigenvalue weighted by atomic mass is 9.73. The van der Waals surface area contributed by atoms with Crippen molar-refractivity contribution in [2.75, 3.05) is 9.80 Å². The lowest BCUT2D eigenvalue weighted by Gasteiger charge is -2.44. The molecule has 1 aliphatic heterocycles. The van der Waals surface area contributed by atoms with E-state index in [-0.39, 0.29) is 11.9 Å². The van der Waals surface area contributed by atoms with Crippen LogP contribution in [0.5, 0.6) is 0 Å². The maximum absolute atomic E-state index is 14.0. The van der Waals surface area contributed by atoms with Crippen molar-refractivity contribution < 1.29 is 9.90 Å². The topological polar surface area (TPSA) is 67.6 Å². The van der Waals surface area contributed by atoms with Crippen LogP contribution in [0.25, 0.3) is 0 Å². The first-order valence-corrected chi connectivity index (χ1v) is 11.6. The molecular weight excluding hydrogens is 457 g/mol. The molecule has 1 saturated heterocycles. The van der Waals surface area contributed by atoms with Gasteiger partial charge in [0, 0.05) is 27.0 Å². The normalized spacial score (nSPS) is 22.8. The first-order chi connectivity index (χ1) is 15.9. The summed E-state index contributed by atoms with van der Waals surface area (Å²) < 4.78 is 0. The molecule has 0 bridgehead atoms. The zero-order valence-electron chi connectivity index (χ0n) is 17.7. The van der Waals surface area contributed by atoms with Gasteiger partial charge in [0.05, 0.1) is 17.7 Å². The zero-order chi connectivity index (χ0) is 23.2. The van der Waals surface area contributed by atoms with Gasteiger partial charge in [0.1, 0.15) is 0 Å². The highest BCUT2D eigenvalue weighted by Gasteiger charge is 2.61. The van der Waals surface area contributed by atoms with E-state index in [2.05, 4.69) is 6.07 Å². The van der Waals surface area contributed by atoms with E-state index in [0.717, 1.165) is 19.3 Å². The number of nitrogens with zero attached hydrogens (tertiary/aromatic N) is 3. The summed E-state index contributed by atoms with van der Waals surface area (Å²) in [6.07, 6.45) is 2.84. The first kappa shape index (κ1) is 21.8. The van der Waals surface area contributed by atoms with Gasteiger partial charge in [-0.15, -0.1) is 0 Å². The summed E-state index contributed by atoms with van der Waals surface area (Å²) in [5.41, 5.74) is 0.408. The Morgan fingerprint density at radius 2 is 1.55 bits per heavy atom. The predicted molar refractivity (Wildman–Crippen MR) is 129 cm³/mol. The van der Waals surface area contributed by atoms with Crippen molar-refractivity contribution >= 4 is 40.6 Å². The third-order valence-electron chi connectivity index (χ3n) is 6.63. The molecule has 1 N–H and O–H groups in total. The maximum Gasteiger partial charge on any atom is 0.332 e. The minimum Gasteiger partial charge on any atom is -0.365 e. The smallest absolute Gasteiger partial charge is 0.332 e. The molecule has 1 saturated carbocycles. The second-order valence-electron chi connectivity index (χ2n) is 8.50. The van der Waals surface area contributed by atoms with Crippen molar-refractivity contribution in [3.05, 3.63) is 94.0 Å². The molecule has 33 heavy (non-hydrogen) atoms. The zero-order valence-corrected chi connectivity index (χ0v) is 19.2. The third-order valence-corrected chi connectivity index (χ3v) is 7.14. The molecule has 2 amide bonds. The summed E-state index contributed by atoms with van der Waals surface area (Å²) >= 11 is 12.2. The molecule has 2 fully saturated rings. The molecule has 2 aliphatic rings. The molecule has 5 nitrogen and oxygen atoms in total. The SMILES string of the molecule is N#Cc1cccc(C2(O)[C@@H](C3CCC3)N(c3ccc(Cl)cc3)C(=O)N2c2ccc(Cl)cc2)c1. The van der Waals surface area contributed by atoms with Crippen molar-refractivity contribution in [3.8, 4) is 6.07 Å². The average molecular weight is 478 g/mol. The highest BCUT2D eigenvalue weighted by atomic mass is 35.5. The van der Waals surface area contributed by atoms with Crippen LogP contribution >= 0.6 is 23.2 Å². The van der Waals surface area contributed by atoms with Gasteiger partial charge in [-0.1, -0.05) is 41.8 Å². The van der Waals surface area contributed by atoms with Crippen LogP contribution in [0, 0.1) is 17.2 Å². The van der Waals surface area contributed by atoms with Gasteiger partial charge < -0.3 is 5.11 Å². The fraction of sp³-hybridized carbons (Fsp3) is 0.231. The summed E-state index contributed by atoms with van der Waals surface area (Å²) in [4.78, 5) is 17.1. The summed E-state index contributed by atoms with van der Waals surface area (Å²) in [5.74, 6) is 0.0951. The monoisotopic (exact) mass is 477 g/mol. The maximum atomic E-state index is 14.0. The van der Waals surface area contributed by atoms with E-state index in [4.69, 9.17) is 23.2 Å². The van der Waals surface area contributed by atoms with Crippen molar-refractivity contribution in [3.63, 3.8) is 0 Å². The Labute approximate surface area is 202 Å². The van der Waals surface area contributed by atoms with Crippen molar-refractivity contribution in [1.29, 1.82) is 5.26 Å². The molecule has 1 unspecified atom stereocenters. The van der Waals surface area contributed by atoms with Gasteiger partial charge >= 0.3 is 6.03 Å². The summed E-state index contributed by atoms with van der Waals surface area (Å²) in [7, 11) is 0. The number of hydrogen-bond donors (Lipinski definition) is 1. The lowest BCUT2D eigenvalue weighted by molar-refractivity contribution is -0.00141. The van der Waals surface area contributed by atoms with Crippen LogP contribution in [0.1, 0.15) is 30.4 Å². The Kier molecular flexibility index (Phi) is 5.54. The lowest BCUT2D eigenvalue weighted by Crippen LogP contribution is -2.54. The number of halogens is 2. The molecule has 2 atom stereocenters. The Bertz CT molecular complexity index is 1240. The average Bonchev–Trinajstić information content (AvgIpc) is 3.02. The predicted octanol–water partition coefficient (Wildman–Crippen LogP) is 6.33. The number of anilines is 2. The number of urea groups is 1. The van der Waals surface area contributed by atoms with Crippen LogP contribution in [-0.2, 0) is 5.72 Å². The number of nitriles is 1. The number of carbonyl (C=O) groups excluding carboxylic acids is 1. The number of benzene rings is 3. The van der Waals surface area contributed by atoms with E-state index >= 15 is 0 Å². The Morgan fingerprint density at radius 1 is 0.939 bits per heavy atom. The molecular formula is C26H21Cl2N3O2. The molecule has 1 heterocycles. The minimum atomic E-state index is -1.69. The van der Waals surface area contributed by atoms with E-state index in [1.54, 1.807) is 77.7 Å². The third kappa shape index (κ3) is 3.55. The molecule has 3 aromatic rings. The molecule has 1 aliphatic carbocycles. The van der Waals surface area contributed by atoms with Crippen LogP contribution in [0.3, 0.4) is 0 Å². The molecule has 3 aromatic carbocycles.